The third-order valence-electron chi connectivity index (χ3n) is 3.09. The number of rotatable bonds is 6. The third-order valence-corrected chi connectivity index (χ3v) is 3.09. The Balaban J connectivity index is 2.49. The standard InChI is InChI=1S/C16H21N3O2/c1-5-21-10-16-18-13(9-15(17-3)19-16)12-8-11(2)6-7-14(12)20-4/h6-9H,5,10H2,1-4H3,(H,17,18,19). The monoisotopic (exact) mass is 287 g/mol. The number of benzene rings is 1. The minimum absolute atomic E-state index is 0.396. The summed E-state index contributed by atoms with van der Waals surface area (Å²) in [4.78, 5) is 8.99. The van der Waals surface area contributed by atoms with E-state index in [9.17, 15) is 0 Å². The van der Waals surface area contributed by atoms with E-state index in [1.54, 1.807) is 7.11 Å². The number of aromatic nitrogens is 2. The average Bonchev–Trinajstić information content (AvgIpc) is 2.52. The van der Waals surface area contributed by atoms with E-state index in [1.807, 2.05) is 39.1 Å². The Morgan fingerprint density at radius 2 is 2.00 bits per heavy atom. The van der Waals surface area contributed by atoms with Crippen LogP contribution in [-0.4, -0.2) is 30.7 Å². The Labute approximate surface area is 125 Å². The van der Waals surface area contributed by atoms with E-state index >= 15 is 0 Å². The number of nitrogens with one attached hydrogen (secondary N) is 1. The summed E-state index contributed by atoms with van der Waals surface area (Å²) < 4.78 is 10.8. The summed E-state index contributed by atoms with van der Waals surface area (Å²) in [6, 6.07) is 7.94. The highest BCUT2D eigenvalue weighted by Crippen LogP contribution is 2.30. The second-order valence-electron chi connectivity index (χ2n) is 4.65. The van der Waals surface area contributed by atoms with Crippen LogP contribution in [0.4, 0.5) is 5.82 Å². The van der Waals surface area contributed by atoms with Crippen LogP contribution >= 0.6 is 0 Å². The molecule has 112 valence electrons. The molecule has 2 rings (SSSR count). The van der Waals surface area contributed by atoms with E-state index in [0.717, 1.165) is 28.4 Å². The molecule has 0 radical (unpaired) electrons. The number of anilines is 1. The van der Waals surface area contributed by atoms with Crippen LogP contribution in [-0.2, 0) is 11.3 Å². The van der Waals surface area contributed by atoms with E-state index in [4.69, 9.17) is 9.47 Å². The maximum Gasteiger partial charge on any atom is 0.157 e. The van der Waals surface area contributed by atoms with Crippen LogP contribution in [0.25, 0.3) is 11.3 Å². The van der Waals surface area contributed by atoms with Crippen molar-refractivity contribution in [1.29, 1.82) is 0 Å². The van der Waals surface area contributed by atoms with Crippen LogP contribution in [0.3, 0.4) is 0 Å². The quantitative estimate of drug-likeness (QED) is 0.885. The summed E-state index contributed by atoms with van der Waals surface area (Å²) in [6.07, 6.45) is 0. The van der Waals surface area contributed by atoms with Crippen LogP contribution in [0.2, 0.25) is 0 Å². The number of ether oxygens (including phenoxy) is 2. The van der Waals surface area contributed by atoms with Gasteiger partial charge in [-0.1, -0.05) is 11.6 Å². The number of aryl methyl sites for hydroxylation is 1. The van der Waals surface area contributed by atoms with Gasteiger partial charge in [0, 0.05) is 25.3 Å². The predicted octanol–water partition coefficient (Wildman–Crippen LogP) is 3.04. The van der Waals surface area contributed by atoms with E-state index in [-0.39, 0.29) is 0 Å². The van der Waals surface area contributed by atoms with Crippen molar-refractivity contribution in [3.63, 3.8) is 0 Å². The van der Waals surface area contributed by atoms with Crippen molar-refractivity contribution in [3.05, 3.63) is 35.7 Å². The van der Waals surface area contributed by atoms with Crippen molar-refractivity contribution >= 4 is 5.82 Å². The topological polar surface area (TPSA) is 56.3 Å². The van der Waals surface area contributed by atoms with Gasteiger partial charge in [0.25, 0.3) is 0 Å². The molecule has 0 aliphatic rings. The van der Waals surface area contributed by atoms with Gasteiger partial charge in [-0.2, -0.15) is 0 Å². The highest BCUT2D eigenvalue weighted by Gasteiger charge is 2.11. The van der Waals surface area contributed by atoms with Gasteiger partial charge in [0.2, 0.25) is 0 Å². The van der Waals surface area contributed by atoms with Gasteiger partial charge in [-0.15, -0.1) is 0 Å². The largest absolute Gasteiger partial charge is 0.496 e. The molecule has 0 spiro atoms. The van der Waals surface area contributed by atoms with E-state index in [2.05, 4.69) is 21.4 Å². The van der Waals surface area contributed by atoms with Crippen molar-refractivity contribution in [2.45, 2.75) is 20.5 Å². The second-order valence-corrected chi connectivity index (χ2v) is 4.65. The zero-order valence-corrected chi connectivity index (χ0v) is 12.9. The third kappa shape index (κ3) is 3.70. The fourth-order valence-electron chi connectivity index (χ4n) is 2.04. The van der Waals surface area contributed by atoms with Gasteiger partial charge < -0.3 is 14.8 Å². The van der Waals surface area contributed by atoms with Gasteiger partial charge in [-0.25, -0.2) is 9.97 Å². The van der Waals surface area contributed by atoms with Gasteiger partial charge in [-0.3, -0.25) is 0 Å². The number of methoxy groups -OCH3 is 1. The molecule has 2 aromatic rings. The molecule has 0 fully saturated rings. The van der Waals surface area contributed by atoms with Gasteiger partial charge in [0.05, 0.1) is 12.8 Å². The van der Waals surface area contributed by atoms with Gasteiger partial charge in [0.15, 0.2) is 5.82 Å². The lowest BCUT2D eigenvalue weighted by Gasteiger charge is -2.12. The van der Waals surface area contributed by atoms with Crippen LogP contribution in [0.15, 0.2) is 24.3 Å². The summed E-state index contributed by atoms with van der Waals surface area (Å²) in [5, 5.41) is 3.06. The van der Waals surface area contributed by atoms with Gasteiger partial charge in [-0.05, 0) is 26.0 Å². The molecule has 1 heterocycles. The molecule has 1 aromatic heterocycles. The molecule has 1 N–H and O–H groups in total. The minimum Gasteiger partial charge on any atom is -0.496 e. The fraction of sp³-hybridized carbons (Fsp3) is 0.375. The molecule has 1 aromatic carbocycles. The zero-order valence-electron chi connectivity index (χ0n) is 12.9. The van der Waals surface area contributed by atoms with Crippen LogP contribution in [0, 0.1) is 6.92 Å². The first-order valence-corrected chi connectivity index (χ1v) is 6.96. The lowest BCUT2D eigenvalue weighted by Crippen LogP contribution is -2.04. The lowest BCUT2D eigenvalue weighted by atomic mass is 10.1. The minimum atomic E-state index is 0.396. The van der Waals surface area contributed by atoms with Gasteiger partial charge in [0.1, 0.15) is 18.2 Å². The first-order valence-electron chi connectivity index (χ1n) is 6.96. The van der Waals surface area contributed by atoms with E-state index in [1.165, 1.54) is 0 Å². The molecule has 0 bridgehead atoms. The highest BCUT2D eigenvalue weighted by atomic mass is 16.5. The highest BCUT2D eigenvalue weighted by molar-refractivity contribution is 5.70. The second kappa shape index (κ2) is 7.04. The Morgan fingerprint density at radius 1 is 1.19 bits per heavy atom. The molecule has 0 amide bonds. The summed E-state index contributed by atoms with van der Waals surface area (Å²) in [5.74, 6) is 2.21. The van der Waals surface area contributed by atoms with Crippen molar-refractivity contribution in [3.8, 4) is 17.0 Å². The van der Waals surface area contributed by atoms with Crippen LogP contribution in [0.1, 0.15) is 18.3 Å². The molecule has 0 saturated carbocycles. The maximum absolute atomic E-state index is 5.44. The molecule has 0 saturated heterocycles. The fourth-order valence-corrected chi connectivity index (χ4v) is 2.04. The predicted molar refractivity (Wildman–Crippen MR) is 83.6 cm³/mol. The van der Waals surface area contributed by atoms with Crippen molar-refractivity contribution in [1.82, 2.24) is 9.97 Å². The number of hydrogen-bond acceptors (Lipinski definition) is 5. The summed E-state index contributed by atoms with van der Waals surface area (Å²) in [6.45, 7) is 5.03. The summed E-state index contributed by atoms with van der Waals surface area (Å²) >= 11 is 0. The van der Waals surface area contributed by atoms with Crippen molar-refractivity contribution in [2.75, 3.05) is 26.1 Å². The van der Waals surface area contributed by atoms with Crippen LogP contribution < -0.4 is 10.1 Å². The molecule has 0 unspecified atom stereocenters. The average molecular weight is 287 g/mol. The van der Waals surface area contributed by atoms with E-state index in [0.29, 0.717) is 19.0 Å². The Morgan fingerprint density at radius 3 is 2.67 bits per heavy atom. The molecule has 21 heavy (non-hydrogen) atoms. The van der Waals surface area contributed by atoms with Gasteiger partial charge >= 0.3 is 0 Å². The lowest BCUT2D eigenvalue weighted by molar-refractivity contribution is 0.128. The Hall–Kier alpha value is -2.14. The first kappa shape index (κ1) is 15.3. The van der Waals surface area contributed by atoms with Crippen molar-refractivity contribution in [2.24, 2.45) is 0 Å². The number of hydrogen-bond donors (Lipinski definition) is 1. The molecule has 0 atom stereocenters. The molecular weight excluding hydrogens is 266 g/mol. The zero-order chi connectivity index (χ0) is 15.2. The van der Waals surface area contributed by atoms with Crippen molar-refractivity contribution < 1.29 is 9.47 Å². The Kier molecular flexibility index (Phi) is 5.11. The molecule has 0 aliphatic carbocycles. The number of nitrogens with zero attached hydrogens (tertiary/aromatic N) is 2. The molecular formula is C16H21N3O2. The normalized spacial score (nSPS) is 10.5. The smallest absolute Gasteiger partial charge is 0.157 e. The SMILES string of the molecule is CCOCc1nc(NC)cc(-c2cc(C)ccc2OC)n1. The van der Waals surface area contributed by atoms with Crippen LogP contribution in [0.5, 0.6) is 5.75 Å². The molecule has 0 aliphatic heterocycles. The summed E-state index contributed by atoms with van der Waals surface area (Å²) in [7, 11) is 3.50. The first-order chi connectivity index (χ1) is 10.2. The summed E-state index contributed by atoms with van der Waals surface area (Å²) in [5.41, 5.74) is 2.93. The Bertz CT molecular complexity index is 614. The molecule has 5 nitrogen and oxygen atoms in total. The molecule has 5 heteroatoms. The maximum atomic E-state index is 5.44. The van der Waals surface area contributed by atoms with E-state index < -0.39 is 0 Å².